The average molecular weight is 460 g/mol. The second-order valence-corrected chi connectivity index (χ2v) is 9.22. The predicted octanol–water partition coefficient (Wildman–Crippen LogP) is 6.14. The third-order valence-corrected chi connectivity index (χ3v) is 6.88. The van der Waals surface area contributed by atoms with Crippen molar-refractivity contribution in [1.82, 2.24) is 9.78 Å². The summed E-state index contributed by atoms with van der Waals surface area (Å²) in [6, 6.07) is 15.0. The zero-order valence-corrected chi connectivity index (χ0v) is 19.7. The number of nitriles is 1. The van der Waals surface area contributed by atoms with Gasteiger partial charge in [-0.05, 0) is 74.8 Å². The first kappa shape index (κ1) is 23.0. The predicted molar refractivity (Wildman–Crippen MR) is 131 cm³/mol. The Morgan fingerprint density at radius 3 is 2.68 bits per heavy atom. The summed E-state index contributed by atoms with van der Waals surface area (Å²) in [6.45, 7) is 2.26. The van der Waals surface area contributed by atoms with Gasteiger partial charge in [0.2, 0.25) is 0 Å². The molecule has 2 aromatic carbocycles. The number of hydrogen-bond acceptors (Lipinski definition) is 5. The van der Waals surface area contributed by atoms with Gasteiger partial charge >= 0.3 is 0 Å². The van der Waals surface area contributed by atoms with Crippen LogP contribution in [0.5, 0.6) is 0 Å². The molecular weight excluding hydrogens is 426 g/mol. The fraction of sp³-hybridized carbons (Fsp3) is 0.500. The van der Waals surface area contributed by atoms with Gasteiger partial charge in [0.15, 0.2) is 12.5 Å². The highest BCUT2D eigenvalue weighted by Gasteiger charge is 2.24. The number of hydrogen-bond donors (Lipinski definition) is 0. The molecular formula is C28H33N3O3. The zero-order chi connectivity index (χ0) is 23.2. The summed E-state index contributed by atoms with van der Waals surface area (Å²) in [7, 11) is 0. The first-order valence-corrected chi connectivity index (χ1v) is 12.7. The van der Waals surface area contributed by atoms with E-state index in [0.29, 0.717) is 6.61 Å². The first-order chi connectivity index (χ1) is 16.8. The van der Waals surface area contributed by atoms with Gasteiger partial charge in [-0.1, -0.05) is 30.3 Å². The highest BCUT2D eigenvalue weighted by atomic mass is 16.7. The lowest BCUT2D eigenvalue weighted by Crippen LogP contribution is -2.22. The van der Waals surface area contributed by atoms with Crippen LogP contribution in [0.2, 0.25) is 0 Å². The number of benzene rings is 2. The van der Waals surface area contributed by atoms with E-state index in [4.69, 9.17) is 14.2 Å². The summed E-state index contributed by atoms with van der Waals surface area (Å²) in [5.74, 6) is 0. The molecule has 0 radical (unpaired) electrons. The molecule has 0 aliphatic carbocycles. The molecule has 5 rings (SSSR count). The van der Waals surface area contributed by atoms with Crippen molar-refractivity contribution in [1.29, 1.82) is 5.26 Å². The number of aryl methyl sites for hydroxylation is 1. The maximum Gasteiger partial charge on any atom is 0.157 e. The quantitative estimate of drug-likeness (QED) is 0.379. The van der Waals surface area contributed by atoms with Crippen LogP contribution in [0.25, 0.3) is 22.0 Å². The minimum atomic E-state index is -0.0755. The van der Waals surface area contributed by atoms with E-state index in [1.807, 2.05) is 35.1 Å². The van der Waals surface area contributed by atoms with Gasteiger partial charge in [0.1, 0.15) is 6.07 Å². The summed E-state index contributed by atoms with van der Waals surface area (Å²) in [5.41, 5.74) is 3.86. The largest absolute Gasteiger partial charge is 0.356 e. The van der Waals surface area contributed by atoms with Gasteiger partial charge in [-0.25, -0.2) is 4.68 Å². The Bertz CT molecular complexity index is 1140. The van der Waals surface area contributed by atoms with Crippen molar-refractivity contribution in [2.75, 3.05) is 19.8 Å². The fourth-order valence-corrected chi connectivity index (χ4v) is 5.14. The van der Waals surface area contributed by atoms with Gasteiger partial charge < -0.3 is 14.2 Å². The Morgan fingerprint density at radius 2 is 1.88 bits per heavy atom. The summed E-state index contributed by atoms with van der Waals surface area (Å²) in [5, 5.41) is 17.0. The van der Waals surface area contributed by atoms with Crippen LogP contribution >= 0.6 is 0 Å². The number of fused-ring (bicyclic) bond motifs is 1. The van der Waals surface area contributed by atoms with Crippen LogP contribution < -0.4 is 0 Å². The van der Waals surface area contributed by atoms with E-state index in [9.17, 15) is 5.26 Å². The molecule has 6 heteroatoms. The van der Waals surface area contributed by atoms with E-state index >= 15 is 0 Å². The van der Waals surface area contributed by atoms with Gasteiger partial charge in [-0.2, -0.15) is 10.4 Å². The molecule has 2 saturated heterocycles. The topological polar surface area (TPSA) is 69.3 Å². The molecule has 3 heterocycles. The third kappa shape index (κ3) is 5.02. The number of unbranched alkanes of at least 4 members (excludes halogenated alkanes) is 1. The molecule has 0 amide bonds. The Labute approximate surface area is 201 Å². The van der Waals surface area contributed by atoms with E-state index in [1.54, 1.807) is 0 Å². The molecule has 34 heavy (non-hydrogen) atoms. The second-order valence-electron chi connectivity index (χ2n) is 9.22. The third-order valence-electron chi connectivity index (χ3n) is 6.88. The molecule has 0 bridgehead atoms. The highest BCUT2D eigenvalue weighted by molar-refractivity contribution is 5.95. The van der Waals surface area contributed by atoms with Crippen molar-refractivity contribution < 1.29 is 14.2 Å². The summed E-state index contributed by atoms with van der Waals surface area (Å²) in [6.07, 6.45) is 11.0. The fourth-order valence-electron chi connectivity index (χ4n) is 5.14. The number of nitrogens with zero attached hydrogens (tertiary/aromatic N) is 3. The van der Waals surface area contributed by atoms with Crippen LogP contribution in [-0.2, 0) is 20.6 Å². The molecule has 1 aromatic heterocycles. The summed E-state index contributed by atoms with van der Waals surface area (Å²) < 4.78 is 19.6. The van der Waals surface area contributed by atoms with Crippen molar-refractivity contribution in [3.05, 3.63) is 53.7 Å². The van der Waals surface area contributed by atoms with E-state index in [2.05, 4.69) is 23.3 Å². The van der Waals surface area contributed by atoms with Crippen LogP contribution in [-0.4, -0.2) is 35.9 Å². The standard InChI is InChI=1S/C28H33N3O3/c29-20-24-23-11-2-1-9-21(23)19-22(10-3-6-17-33-27-13-5-8-18-34-27)28(24)25-14-15-30-31(25)26-12-4-7-16-32-26/h1-2,9,11,14-15,19,26-27H,3-8,10,12-13,16-18H2. The molecule has 3 aromatic rings. The molecule has 6 nitrogen and oxygen atoms in total. The maximum atomic E-state index is 10.3. The molecule has 2 unspecified atom stereocenters. The van der Waals surface area contributed by atoms with Crippen LogP contribution in [0.15, 0.2) is 42.6 Å². The van der Waals surface area contributed by atoms with E-state index in [-0.39, 0.29) is 12.5 Å². The molecule has 178 valence electrons. The van der Waals surface area contributed by atoms with Gasteiger partial charge in [0.05, 0.1) is 11.3 Å². The smallest absolute Gasteiger partial charge is 0.157 e. The number of rotatable bonds is 8. The molecule has 2 atom stereocenters. The molecule has 2 aliphatic rings. The van der Waals surface area contributed by atoms with Crippen LogP contribution in [0.4, 0.5) is 0 Å². The van der Waals surface area contributed by atoms with E-state index in [0.717, 1.165) is 92.2 Å². The number of ether oxygens (including phenoxy) is 3. The highest BCUT2D eigenvalue weighted by Crippen LogP contribution is 2.37. The lowest BCUT2D eigenvalue weighted by Gasteiger charge is -2.25. The Morgan fingerprint density at radius 1 is 1.03 bits per heavy atom. The monoisotopic (exact) mass is 459 g/mol. The van der Waals surface area contributed by atoms with Gasteiger partial charge in [-0.15, -0.1) is 0 Å². The Kier molecular flexibility index (Phi) is 7.55. The SMILES string of the molecule is N#Cc1c(-c2ccnn2C2CCCCO2)c(CCCCOC2CCCCO2)cc2ccccc12. The second kappa shape index (κ2) is 11.1. The van der Waals surface area contributed by atoms with Crippen molar-refractivity contribution in [3.63, 3.8) is 0 Å². The van der Waals surface area contributed by atoms with Gasteiger partial charge in [0.25, 0.3) is 0 Å². The van der Waals surface area contributed by atoms with Crippen molar-refractivity contribution >= 4 is 10.8 Å². The van der Waals surface area contributed by atoms with Gasteiger partial charge in [0, 0.05) is 37.0 Å². The average Bonchev–Trinajstić information content (AvgIpc) is 3.38. The van der Waals surface area contributed by atoms with Crippen LogP contribution in [0.3, 0.4) is 0 Å². The summed E-state index contributed by atoms with van der Waals surface area (Å²) in [4.78, 5) is 0. The van der Waals surface area contributed by atoms with E-state index in [1.165, 1.54) is 12.0 Å². The minimum Gasteiger partial charge on any atom is -0.356 e. The molecule has 0 spiro atoms. The Balaban J connectivity index is 1.41. The zero-order valence-electron chi connectivity index (χ0n) is 19.7. The van der Waals surface area contributed by atoms with Crippen molar-refractivity contribution in [3.8, 4) is 17.3 Å². The van der Waals surface area contributed by atoms with Crippen molar-refractivity contribution in [2.24, 2.45) is 0 Å². The van der Waals surface area contributed by atoms with Crippen LogP contribution in [0, 0.1) is 11.3 Å². The van der Waals surface area contributed by atoms with E-state index < -0.39 is 0 Å². The molecule has 2 aliphatic heterocycles. The lowest BCUT2D eigenvalue weighted by molar-refractivity contribution is -0.162. The van der Waals surface area contributed by atoms with Gasteiger partial charge in [-0.3, -0.25) is 0 Å². The number of aromatic nitrogens is 2. The molecule has 0 N–H and O–H groups in total. The first-order valence-electron chi connectivity index (χ1n) is 12.7. The minimum absolute atomic E-state index is 0.0417. The van der Waals surface area contributed by atoms with Crippen LogP contribution in [0.1, 0.15) is 68.7 Å². The van der Waals surface area contributed by atoms with Crippen molar-refractivity contribution in [2.45, 2.75) is 70.3 Å². The molecule has 0 saturated carbocycles. The maximum absolute atomic E-state index is 10.3. The normalized spacial score (nSPS) is 20.9. The lowest BCUT2D eigenvalue weighted by atomic mass is 9.90. The molecule has 2 fully saturated rings. The summed E-state index contributed by atoms with van der Waals surface area (Å²) >= 11 is 0. The Hall–Kier alpha value is -2.72.